The topological polar surface area (TPSA) is 61.4 Å². The summed E-state index contributed by atoms with van der Waals surface area (Å²) in [6, 6.07) is 5.51. The summed E-state index contributed by atoms with van der Waals surface area (Å²) >= 11 is 0. The van der Waals surface area contributed by atoms with E-state index in [1.165, 1.54) is 24.3 Å². The summed E-state index contributed by atoms with van der Waals surface area (Å²) in [6.07, 6.45) is 0.806. The third kappa shape index (κ3) is 6.31. The van der Waals surface area contributed by atoms with Gasteiger partial charge in [0.2, 0.25) is 5.91 Å². The highest BCUT2D eigenvalue weighted by atomic mass is 19.1. The van der Waals surface area contributed by atoms with Crippen LogP contribution in [0.15, 0.2) is 24.3 Å². The number of amides is 1. The first kappa shape index (κ1) is 15.6. The number of rotatable bonds is 7. The van der Waals surface area contributed by atoms with Crippen molar-refractivity contribution in [3.63, 3.8) is 0 Å². The molecule has 0 fully saturated rings. The first-order valence-electron chi connectivity index (χ1n) is 6.41. The van der Waals surface area contributed by atoms with Crippen molar-refractivity contribution in [2.24, 2.45) is 5.92 Å². The first-order chi connectivity index (χ1) is 9.01. The summed E-state index contributed by atoms with van der Waals surface area (Å²) in [5, 5.41) is 14.8. The summed E-state index contributed by atoms with van der Waals surface area (Å²) in [7, 11) is 0. The monoisotopic (exact) mass is 268 g/mol. The molecule has 4 nitrogen and oxygen atoms in total. The Kier molecular flexibility index (Phi) is 6.45. The second kappa shape index (κ2) is 7.86. The zero-order valence-corrected chi connectivity index (χ0v) is 11.3. The molecule has 0 spiro atoms. The van der Waals surface area contributed by atoms with E-state index >= 15 is 0 Å². The fourth-order valence-electron chi connectivity index (χ4n) is 1.77. The van der Waals surface area contributed by atoms with Gasteiger partial charge in [-0.1, -0.05) is 13.8 Å². The number of carbonyl (C=O) groups excluding carboxylic acids is 1. The molecule has 1 amide bonds. The molecule has 0 saturated heterocycles. The van der Waals surface area contributed by atoms with Crippen LogP contribution in [-0.2, 0) is 4.79 Å². The summed E-state index contributed by atoms with van der Waals surface area (Å²) in [4.78, 5) is 11.7. The van der Waals surface area contributed by atoms with Gasteiger partial charge in [-0.25, -0.2) is 4.39 Å². The van der Waals surface area contributed by atoms with Crippen LogP contribution in [0, 0.1) is 11.7 Å². The molecule has 106 valence electrons. The maximum atomic E-state index is 12.7. The minimum atomic E-state index is -0.339. The van der Waals surface area contributed by atoms with Crippen molar-refractivity contribution in [3.05, 3.63) is 30.1 Å². The molecule has 0 aliphatic carbocycles. The van der Waals surface area contributed by atoms with Crippen molar-refractivity contribution < 1.29 is 14.3 Å². The SMILES string of the molecule is CC(C)CC(CO)NCC(=O)Nc1ccc(F)cc1. The molecule has 1 rings (SSSR count). The Hall–Kier alpha value is -1.46. The first-order valence-corrected chi connectivity index (χ1v) is 6.41. The minimum Gasteiger partial charge on any atom is -0.395 e. The molecule has 3 N–H and O–H groups in total. The Bertz CT molecular complexity index is 393. The Morgan fingerprint density at radius 2 is 1.95 bits per heavy atom. The summed E-state index contributed by atoms with van der Waals surface area (Å²) in [5.74, 6) is -0.105. The molecule has 0 aliphatic rings. The van der Waals surface area contributed by atoms with E-state index in [4.69, 9.17) is 0 Å². The van der Waals surface area contributed by atoms with E-state index in [2.05, 4.69) is 24.5 Å². The molecule has 1 aromatic rings. The van der Waals surface area contributed by atoms with Gasteiger partial charge in [0.25, 0.3) is 0 Å². The lowest BCUT2D eigenvalue weighted by Gasteiger charge is -2.17. The van der Waals surface area contributed by atoms with Gasteiger partial charge in [-0.15, -0.1) is 0 Å². The molecule has 1 unspecified atom stereocenters. The predicted molar refractivity (Wildman–Crippen MR) is 73.4 cm³/mol. The molecule has 1 atom stereocenters. The van der Waals surface area contributed by atoms with Crippen LogP contribution in [0.1, 0.15) is 20.3 Å². The molecule has 0 aliphatic heterocycles. The third-order valence-electron chi connectivity index (χ3n) is 2.66. The molecule has 0 aromatic heterocycles. The van der Waals surface area contributed by atoms with Crippen LogP contribution in [0.25, 0.3) is 0 Å². The Morgan fingerprint density at radius 1 is 1.32 bits per heavy atom. The molecule has 5 heteroatoms. The van der Waals surface area contributed by atoms with Crippen LogP contribution in [0.4, 0.5) is 10.1 Å². The smallest absolute Gasteiger partial charge is 0.238 e. The number of nitrogens with one attached hydrogen (secondary N) is 2. The van der Waals surface area contributed by atoms with Gasteiger partial charge in [-0.3, -0.25) is 4.79 Å². The highest BCUT2D eigenvalue weighted by molar-refractivity contribution is 5.92. The minimum absolute atomic E-state index is 0.00199. The highest BCUT2D eigenvalue weighted by Gasteiger charge is 2.11. The molecule has 19 heavy (non-hydrogen) atoms. The molecule has 0 radical (unpaired) electrons. The second-order valence-corrected chi connectivity index (χ2v) is 4.95. The van der Waals surface area contributed by atoms with Gasteiger partial charge >= 0.3 is 0 Å². The second-order valence-electron chi connectivity index (χ2n) is 4.95. The number of halogens is 1. The number of hydrogen-bond donors (Lipinski definition) is 3. The fourth-order valence-corrected chi connectivity index (χ4v) is 1.77. The van der Waals surface area contributed by atoms with E-state index in [1.807, 2.05) is 0 Å². The van der Waals surface area contributed by atoms with Crippen molar-refractivity contribution in [2.45, 2.75) is 26.3 Å². The van der Waals surface area contributed by atoms with Crippen molar-refractivity contribution in [2.75, 3.05) is 18.5 Å². The lowest BCUT2D eigenvalue weighted by molar-refractivity contribution is -0.115. The fraction of sp³-hybridized carbons (Fsp3) is 0.500. The van der Waals surface area contributed by atoms with Crippen molar-refractivity contribution in [1.29, 1.82) is 0 Å². The van der Waals surface area contributed by atoms with E-state index in [-0.39, 0.29) is 30.9 Å². The van der Waals surface area contributed by atoms with E-state index in [9.17, 15) is 14.3 Å². The molecule has 0 heterocycles. The van der Waals surface area contributed by atoms with E-state index in [1.54, 1.807) is 0 Å². The predicted octanol–water partition coefficient (Wildman–Crippen LogP) is 1.76. The van der Waals surface area contributed by atoms with Crippen molar-refractivity contribution >= 4 is 11.6 Å². The third-order valence-corrected chi connectivity index (χ3v) is 2.66. The van der Waals surface area contributed by atoms with Crippen LogP contribution in [-0.4, -0.2) is 30.2 Å². The number of carbonyl (C=O) groups is 1. The van der Waals surface area contributed by atoms with E-state index in [0.717, 1.165) is 6.42 Å². The molecular weight excluding hydrogens is 247 g/mol. The maximum Gasteiger partial charge on any atom is 0.238 e. The van der Waals surface area contributed by atoms with E-state index in [0.29, 0.717) is 11.6 Å². The van der Waals surface area contributed by atoms with Crippen molar-refractivity contribution in [3.8, 4) is 0 Å². The van der Waals surface area contributed by atoms with Crippen LogP contribution in [0.2, 0.25) is 0 Å². The summed E-state index contributed by atoms with van der Waals surface area (Å²) < 4.78 is 12.7. The molecule has 1 aromatic carbocycles. The Morgan fingerprint density at radius 3 is 2.47 bits per heavy atom. The van der Waals surface area contributed by atoms with Crippen LogP contribution in [0.3, 0.4) is 0 Å². The standard InChI is InChI=1S/C14H21FN2O2/c1-10(2)7-13(9-18)16-8-14(19)17-12-5-3-11(15)4-6-12/h3-6,10,13,16,18H,7-9H2,1-2H3,(H,17,19). The molecular formula is C14H21FN2O2. The van der Waals surface area contributed by atoms with Crippen LogP contribution >= 0.6 is 0 Å². The Balaban J connectivity index is 2.36. The van der Waals surface area contributed by atoms with Gasteiger partial charge < -0.3 is 15.7 Å². The average Bonchev–Trinajstić information content (AvgIpc) is 2.37. The highest BCUT2D eigenvalue weighted by Crippen LogP contribution is 2.08. The quantitative estimate of drug-likeness (QED) is 0.706. The van der Waals surface area contributed by atoms with Gasteiger partial charge in [-0.2, -0.15) is 0 Å². The average molecular weight is 268 g/mol. The zero-order valence-electron chi connectivity index (χ0n) is 11.3. The Labute approximate surface area is 113 Å². The van der Waals surface area contributed by atoms with Gasteiger partial charge in [0.05, 0.1) is 13.2 Å². The lowest BCUT2D eigenvalue weighted by atomic mass is 10.0. The lowest BCUT2D eigenvalue weighted by Crippen LogP contribution is -2.39. The number of aliphatic hydroxyl groups excluding tert-OH is 1. The van der Waals surface area contributed by atoms with Crippen molar-refractivity contribution in [1.82, 2.24) is 5.32 Å². The van der Waals surface area contributed by atoms with Gasteiger partial charge in [0.15, 0.2) is 0 Å². The number of aliphatic hydroxyl groups is 1. The molecule has 0 saturated carbocycles. The maximum absolute atomic E-state index is 12.7. The summed E-state index contributed by atoms with van der Waals surface area (Å²) in [6.45, 7) is 4.24. The normalized spacial score (nSPS) is 12.5. The summed E-state index contributed by atoms with van der Waals surface area (Å²) in [5.41, 5.74) is 0.553. The van der Waals surface area contributed by atoms with Gasteiger partial charge in [-0.05, 0) is 36.6 Å². The zero-order chi connectivity index (χ0) is 14.3. The largest absolute Gasteiger partial charge is 0.395 e. The van der Waals surface area contributed by atoms with Crippen LogP contribution in [0.5, 0.6) is 0 Å². The number of anilines is 1. The number of benzene rings is 1. The van der Waals surface area contributed by atoms with E-state index < -0.39 is 0 Å². The number of hydrogen-bond acceptors (Lipinski definition) is 3. The van der Waals surface area contributed by atoms with Gasteiger partial charge in [0.1, 0.15) is 5.82 Å². The van der Waals surface area contributed by atoms with Crippen LogP contribution < -0.4 is 10.6 Å². The molecule has 0 bridgehead atoms. The van der Waals surface area contributed by atoms with Gasteiger partial charge in [0, 0.05) is 11.7 Å².